The minimum atomic E-state index is -0.232. The van der Waals surface area contributed by atoms with Gasteiger partial charge in [0.1, 0.15) is 0 Å². The molecule has 0 unspecified atom stereocenters. The number of β-amino-alcohol motifs (C(OH)–C–C–N with tert-alkyl or cyclic N) is 1. The molecule has 4 rings (SSSR count). The Kier molecular flexibility index (Phi) is 6.20. The lowest BCUT2D eigenvalue weighted by molar-refractivity contribution is -0.133. The average Bonchev–Trinajstić information content (AvgIpc) is 3.30. The molecule has 2 amide bonds. The summed E-state index contributed by atoms with van der Waals surface area (Å²) in [4.78, 5) is 29.0. The molecule has 2 N–H and O–H groups in total. The van der Waals surface area contributed by atoms with Gasteiger partial charge in [0.2, 0.25) is 11.8 Å². The molecule has 0 bridgehead atoms. The Balaban J connectivity index is 1.44. The largest absolute Gasteiger partial charge is 0.392 e. The zero-order valence-electron chi connectivity index (χ0n) is 17.4. The molecule has 0 aromatic heterocycles. The maximum Gasteiger partial charge on any atom is 0.228 e. The van der Waals surface area contributed by atoms with Crippen molar-refractivity contribution in [1.82, 2.24) is 9.80 Å². The van der Waals surface area contributed by atoms with Crippen LogP contribution in [0.1, 0.15) is 49.7 Å². The Bertz CT molecular complexity index is 760. The number of benzene rings is 1. The van der Waals surface area contributed by atoms with E-state index in [1.165, 1.54) is 32.1 Å². The highest BCUT2D eigenvalue weighted by Gasteiger charge is 2.33. The highest BCUT2D eigenvalue weighted by molar-refractivity contribution is 5.99. The molecule has 1 saturated carbocycles. The van der Waals surface area contributed by atoms with Gasteiger partial charge in [-0.15, -0.1) is 0 Å². The lowest BCUT2D eigenvalue weighted by atomic mass is 9.83. The number of aliphatic hydroxyl groups is 1. The van der Waals surface area contributed by atoms with Crippen molar-refractivity contribution >= 4 is 17.5 Å². The molecule has 2 atom stereocenters. The SMILES string of the molecule is CN(C(=O)Cc1ccc2c(c1)NC(=O)C2)[C@H](CN1CC[C@H](O)C1)C1CCCCC1. The summed E-state index contributed by atoms with van der Waals surface area (Å²) < 4.78 is 0. The third-order valence-corrected chi connectivity index (χ3v) is 6.93. The average molecular weight is 400 g/mol. The monoisotopic (exact) mass is 399 g/mol. The van der Waals surface area contributed by atoms with Gasteiger partial charge in [0.25, 0.3) is 0 Å². The van der Waals surface area contributed by atoms with E-state index in [-0.39, 0.29) is 24.0 Å². The normalized spacial score (nSPS) is 23.7. The highest BCUT2D eigenvalue weighted by Crippen LogP contribution is 2.30. The lowest BCUT2D eigenvalue weighted by Gasteiger charge is -2.39. The molecule has 2 heterocycles. The van der Waals surface area contributed by atoms with Crippen LogP contribution in [0.5, 0.6) is 0 Å². The summed E-state index contributed by atoms with van der Waals surface area (Å²) in [5, 5.41) is 12.8. The first-order chi connectivity index (χ1) is 14.0. The molecule has 0 radical (unpaired) electrons. The first-order valence-electron chi connectivity index (χ1n) is 11.1. The first kappa shape index (κ1) is 20.4. The number of hydrogen-bond acceptors (Lipinski definition) is 4. The van der Waals surface area contributed by atoms with E-state index in [1.54, 1.807) is 0 Å². The van der Waals surface area contributed by atoms with E-state index in [0.29, 0.717) is 18.8 Å². The molecule has 1 aromatic carbocycles. The van der Waals surface area contributed by atoms with E-state index in [2.05, 4.69) is 10.2 Å². The van der Waals surface area contributed by atoms with Crippen LogP contribution in [0.4, 0.5) is 5.69 Å². The summed E-state index contributed by atoms with van der Waals surface area (Å²) in [6.07, 6.45) is 7.53. The number of nitrogens with one attached hydrogen (secondary N) is 1. The first-order valence-corrected chi connectivity index (χ1v) is 11.1. The topological polar surface area (TPSA) is 72.9 Å². The van der Waals surface area contributed by atoms with Crippen LogP contribution in [-0.4, -0.2) is 65.5 Å². The van der Waals surface area contributed by atoms with E-state index in [4.69, 9.17) is 0 Å². The third kappa shape index (κ3) is 4.81. The van der Waals surface area contributed by atoms with Crippen LogP contribution >= 0.6 is 0 Å². The van der Waals surface area contributed by atoms with Crippen LogP contribution in [0.25, 0.3) is 0 Å². The Morgan fingerprint density at radius 2 is 2.07 bits per heavy atom. The van der Waals surface area contributed by atoms with Crippen LogP contribution in [0.15, 0.2) is 18.2 Å². The van der Waals surface area contributed by atoms with Gasteiger partial charge in [-0.25, -0.2) is 0 Å². The zero-order chi connectivity index (χ0) is 20.4. The summed E-state index contributed by atoms with van der Waals surface area (Å²) in [6.45, 7) is 2.48. The van der Waals surface area contributed by atoms with Crippen molar-refractivity contribution in [2.75, 3.05) is 32.0 Å². The number of likely N-dealkylation sites (N-methyl/N-ethyl adjacent to an activating group) is 1. The second-order valence-electron chi connectivity index (χ2n) is 9.07. The van der Waals surface area contributed by atoms with E-state index in [9.17, 15) is 14.7 Å². The Labute approximate surface area is 173 Å². The minimum Gasteiger partial charge on any atom is -0.392 e. The maximum absolute atomic E-state index is 13.2. The van der Waals surface area contributed by atoms with Gasteiger partial charge in [-0.05, 0) is 42.4 Å². The number of hydrogen-bond donors (Lipinski definition) is 2. The van der Waals surface area contributed by atoms with Gasteiger partial charge in [0, 0.05) is 38.4 Å². The second-order valence-corrected chi connectivity index (χ2v) is 9.07. The molecule has 1 aliphatic carbocycles. The lowest BCUT2D eigenvalue weighted by Crippen LogP contribution is -2.49. The Morgan fingerprint density at radius 3 is 2.79 bits per heavy atom. The fourth-order valence-electron chi connectivity index (χ4n) is 5.21. The van der Waals surface area contributed by atoms with Crippen molar-refractivity contribution in [3.05, 3.63) is 29.3 Å². The van der Waals surface area contributed by atoms with Crippen LogP contribution in [-0.2, 0) is 22.4 Å². The van der Waals surface area contributed by atoms with Gasteiger partial charge in [-0.1, -0.05) is 31.4 Å². The fraction of sp³-hybridized carbons (Fsp3) is 0.652. The van der Waals surface area contributed by atoms with Crippen molar-refractivity contribution in [3.8, 4) is 0 Å². The van der Waals surface area contributed by atoms with E-state index in [0.717, 1.165) is 42.9 Å². The number of aliphatic hydroxyl groups excluding tert-OH is 1. The van der Waals surface area contributed by atoms with Crippen molar-refractivity contribution < 1.29 is 14.7 Å². The van der Waals surface area contributed by atoms with Crippen molar-refractivity contribution in [2.45, 2.75) is 63.5 Å². The summed E-state index contributed by atoms with van der Waals surface area (Å²) >= 11 is 0. The van der Waals surface area contributed by atoms with Gasteiger partial charge >= 0.3 is 0 Å². The van der Waals surface area contributed by atoms with E-state index < -0.39 is 0 Å². The molecule has 2 aliphatic heterocycles. The number of fused-ring (bicyclic) bond motifs is 1. The molecular formula is C23H33N3O3. The second kappa shape index (κ2) is 8.84. The molecule has 1 saturated heterocycles. The van der Waals surface area contributed by atoms with Crippen molar-refractivity contribution in [2.24, 2.45) is 5.92 Å². The van der Waals surface area contributed by atoms with Gasteiger partial charge < -0.3 is 15.3 Å². The minimum absolute atomic E-state index is 0.0192. The molecule has 29 heavy (non-hydrogen) atoms. The van der Waals surface area contributed by atoms with Crippen LogP contribution in [0.2, 0.25) is 0 Å². The summed E-state index contributed by atoms with van der Waals surface area (Å²) in [7, 11) is 1.95. The maximum atomic E-state index is 13.2. The molecular weight excluding hydrogens is 366 g/mol. The molecule has 3 aliphatic rings. The molecule has 6 heteroatoms. The number of carbonyl (C=O) groups excluding carboxylic acids is 2. The molecule has 6 nitrogen and oxygen atoms in total. The van der Waals surface area contributed by atoms with E-state index >= 15 is 0 Å². The van der Waals surface area contributed by atoms with Crippen molar-refractivity contribution in [3.63, 3.8) is 0 Å². The highest BCUT2D eigenvalue weighted by atomic mass is 16.3. The summed E-state index contributed by atoms with van der Waals surface area (Å²) in [5.41, 5.74) is 2.80. The summed E-state index contributed by atoms with van der Waals surface area (Å²) in [6, 6.07) is 6.07. The number of nitrogens with zero attached hydrogens (tertiary/aromatic N) is 2. The number of amides is 2. The van der Waals surface area contributed by atoms with Crippen molar-refractivity contribution in [1.29, 1.82) is 0 Å². The zero-order valence-corrected chi connectivity index (χ0v) is 17.4. The van der Waals surface area contributed by atoms with Crippen LogP contribution in [0, 0.1) is 5.92 Å². The van der Waals surface area contributed by atoms with Crippen LogP contribution < -0.4 is 5.32 Å². The van der Waals surface area contributed by atoms with Gasteiger partial charge in [0.15, 0.2) is 0 Å². The predicted molar refractivity (Wildman–Crippen MR) is 113 cm³/mol. The number of carbonyl (C=O) groups is 2. The number of rotatable bonds is 6. The fourth-order valence-corrected chi connectivity index (χ4v) is 5.21. The predicted octanol–water partition coefficient (Wildman–Crippen LogP) is 2.20. The smallest absolute Gasteiger partial charge is 0.228 e. The summed E-state index contributed by atoms with van der Waals surface area (Å²) in [5.74, 6) is 0.685. The van der Waals surface area contributed by atoms with Gasteiger partial charge in [-0.3, -0.25) is 14.5 Å². The number of likely N-dealkylation sites (tertiary alicyclic amines) is 1. The molecule has 0 spiro atoms. The molecule has 1 aromatic rings. The Morgan fingerprint density at radius 1 is 1.28 bits per heavy atom. The van der Waals surface area contributed by atoms with E-state index in [1.807, 2.05) is 30.1 Å². The standard InChI is InChI=1S/C23H33N3O3/c1-25(23(29)12-16-7-8-18-13-22(28)24-20(18)11-16)21(17-5-3-2-4-6-17)15-26-10-9-19(27)14-26/h7-8,11,17,19,21,27H,2-6,9-10,12-15H2,1H3,(H,24,28)/t19-,21+/m0/s1. The molecule has 158 valence electrons. The quantitative estimate of drug-likeness (QED) is 0.769. The Hall–Kier alpha value is -1.92. The number of anilines is 1. The van der Waals surface area contributed by atoms with Gasteiger partial charge in [0.05, 0.1) is 18.9 Å². The van der Waals surface area contributed by atoms with Gasteiger partial charge in [-0.2, -0.15) is 0 Å². The van der Waals surface area contributed by atoms with Crippen LogP contribution in [0.3, 0.4) is 0 Å². The molecule has 2 fully saturated rings. The third-order valence-electron chi connectivity index (χ3n) is 6.93.